The molecule has 1 heterocycles. The van der Waals surface area contributed by atoms with Crippen LogP contribution in [0.3, 0.4) is 0 Å². The van der Waals surface area contributed by atoms with Crippen LogP contribution in [0, 0.1) is 0 Å². The van der Waals surface area contributed by atoms with Gasteiger partial charge >= 0.3 is 11.8 Å². The van der Waals surface area contributed by atoms with Crippen LogP contribution in [0.1, 0.15) is 10.5 Å². The zero-order valence-corrected chi connectivity index (χ0v) is 16.6. The molecular formula is C21H17ClN4O4. The van der Waals surface area contributed by atoms with Gasteiger partial charge in [0, 0.05) is 35.7 Å². The van der Waals surface area contributed by atoms with E-state index in [4.69, 9.17) is 16.3 Å². The highest BCUT2D eigenvalue weighted by molar-refractivity contribution is 6.43. The Morgan fingerprint density at radius 1 is 0.833 bits per heavy atom. The summed E-state index contributed by atoms with van der Waals surface area (Å²) in [6, 6.07) is 15.9. The number of rotatable bonds is 5. The summed E-state index contributed by atoms with van der Waals surface area (Å²) in [6.07, 6.45) is 1.47. The molecule has 152 valence electrons. The number of pyridine rings is 1. The zero-order valence-electron chi connectivity index (χ0n) is 15.8. The van der Waals surface area contributed by atoms with Crippen molar-refractivity contribution in [3.63, 3.8) is 0 Å². The van der Waals surface area contributed by atoms with Crippen molar-refractivity contribution in [2.75, 3.05) is 17.7 Å². The van der Waals surface area contributed by atoms with Gasteiger partial charge in [0.05, 0.1) is 0 Å². The normalized spacial score (nSPS) is 10.1. The largest absolute Gasteiger partial charge is 0.457 e. The molecule has 0 saturated carbocycles. The number of ether oxygens (including phenoxy) is 1. The van der Waals surface area contributed by atoms with Crippen LogP contribution >= 0.6 is 11.6 Å². The van der Waals surface area contributed by atoms with Gasteiger partial charge in [-0.1, -0.05) is 11.6 Å². The average molecular weight is 425 g/mol. The molecule has 3 aromatic rings. The molecule has 0 atom stereocenters. The van der Waals surface area contributed by atoms with Crippen LogP contribution in [0.25, 0.3) is 0 Å². The summed E-state index contributed by atoms with van der Waals surface area (Å²) in [4.78, 5) is 39.7. The lowest BCUT2D eigenvalue weighted by atomic mass is 10.3. The second-order valence-corrected chi connectivity index (χ2v) is 6.43. The second-order valence-electron chi connectivity index (χ2n) is 6.00. The molecule has 9 heteroatoms. The standard InChI is InChI=1S/C21H17ClN4O4/c1-23-19(27)18-12-17(10-11-24-18)30-16-8-6-15(7-9-16)26-21(29)20(28)25-14-4-2-13(22)3-5-14/h2-12H,1H3,(H,23,27)(H,25,28)(H,26,29). The Balaban J connectivity index is 1.59. The molecule has 0 aliphatic rings. The van der Waals surface area contributed by atoms with Crippen LogP contribution < -0.4 is 20.7 Å². The molecular weight excluding hydrogens is 408 g/mol. The third kappa shape index (κ3) is 5.55. The molecule has 0 fully saturated rings. The van der Waals surface area contributed by atoms with Crippen LogP contribution in [-0.2, 0) is 9.59 Å². The first-order valence-corrected chi connectivity index (χ1v) is 9.16. The molecule has 8 nitrogen and oxygen atoms in total. The van der Waals surface area contributed by atoms with E-state index in [-0.39, 0.29) is 11.6 Å². The molecule has 0 radical (unpaired) electrons. The highest BCUT2D eigenvalue weighted by Crippen LogP contribution is 2.23. The number of nitrogens with one attached hydrogen (secondary N) is 3. The van der Waals surface area contributed by atoms with E-state index in [1.165, 1.54) is 19.3 Å². The molecule has 0 unspecified atom stereocenters. The predicted molar refractivity (Wildman–Crippen MR) is 113 cm³/mol. The van der Waals surface area contributed by atoms with Gasteiger partial charge < -0.3 is 20.7 Å². The molecule has 0 aliphatic heterocycles. The second kappa shape index (κ2) is 9.53. The molecule has 2 aromatic carbocycles. The smallest absolute Gasteiger partial charge is 0.314 e. The van der Waals surface area contributed by atoms with Crippen molar-refractivity contribution < 1.29 is 19.1 Å². The summed E-state index contributed by atoms with van der Waals surface area (Å²) in [5.74, 6) is -1.04. The molecule has 3 amide bonds. The third-order valence-corrected chi connectivity index (χ3v) is 4.10. The number of hydrogen-bond donors (Lipinski definition) is 3. The Morgan fingerprint density at radius 2 is 1.40 bits per heavy atom. The highest BCUT2D eigenvalue weighted by Gasteiger charge is 2.14. The number of benzene rings is 2. The van der Waals surface area contributed by atoms with E-state index in [1.54, 1.807) is 54.6 Å². The molecule has 0 spiro atoms. The Labute approximate surface area is 177 Å². The minimum absolute atomic E-state index is 0.227. The van der Waals surface area contributed by atoms with Gasteiger partial charge in [0.1, 0.15) is 17.2 Å². The third-order valence-electron chi connectivity index (χ3n) is 3.85. The summed E-state index contributed by atoms with van der Waals surface area (Å²) in [6.45, 7) is 0. The van der Waals surface area contributed by atoms with Crippen LogP contribution in [0.2, 0.25) is 5.02 Å². The Hall–Kier alpha value is -3.91. The van der Waals surface area contributed by atoms with Crippen LogP contribution in [0.5, 0.6) is 11.5 Å². The van der Waals surface area contributed by atoms with Crippen LogP contribution in [0.15, 0.2) is 66.9 Å². The van der Waals surface area contributed by atoms with Crippen molar-refractivity contribution in [2.45, 2.75) is 0 Å². The number of halogens is 1. The summed E-state index contributed by atoms with van der Waals surface area (Å²) >= 11 is 5.79. The number of carbonyl (C=O) groups is 3. The number of carbonyl (C=O) groups excluding carboxylic acids is 3. The molecule has 0 aliphatic carbocycles. The van der Waals surface area contributed by atoms with Gasteiger partial charge in [-0.05, 0) is 54.6 Å². The summed E-state index contributed by atoms with van der Waals surface area (Å²) in [5.41, 5.74) is 1.10. The summed E-state index contributed by atoms with van der Waals surface area (Å²) in [5, 5.41) is 7.99. The zero-order chi connectivity index (χ0) is 21.5. The minimum Gasteiger partial charge on any atom is -0.457 e. The van der Waals surface area contributed by atoms with Gasteiger partial charge in [0.2, 0.25) is 0 Å². The number of amides is 3. The van der Waals surface area contributed by atoms with E-state index < -0.39 is 11.8 Å². The fourth-order valence-electron chi connectivity index (χ4n) is 2.38. The Kier molecular flexibility index (Phi) is 6.61. The Bertz CT molecular complexity index is 1070. The lowest BCUT2D eigenvalue weighted by Gasteiger charge is -2.09. The van der Waals surface area contributed by atoms with Crippen molar-refractivity contribution in [1.82, 2.24) is 10.3 Å². The predicted octanol–water partition coefficient (Wildman–Crippen LogP) is 3.46. The van der Waals surface area contributed by atoms with Crippen molar-refractivity contribution in [1.29, 1.82) is 0 Å². The summed E-state index contributed by atoms with van der Waals surface area (Å²) < 4.78 is 5.69. The van der Waals surface area contributed by atoms with Crippen molar-refractivity contribution >= 4 is 40.7 Å². The van der Waals surface area contributed by atoms with E-state index in [0.717, 1.165) is 0 Å². The lowest BCUT2D eigenvalue weighted by molar-refractivity contribution is -0.132. The highest BCUT2D eigenvalue weighted by atomic mass is 35.5. The van der Waals surface area contributed by atoms with Crippen LogP contribution in [-0.4, -0.2) is 29.8 Å². The minimum atomic E-state index is -0.817. The number of hydrogen-bond acceptors (Lipinski definition) is 5. The fourth-order valence-corrected chi connectivity index (χ4v) is 2.50. The molecule has 3 rings (SSSR count). The number of nitrogens with zero attached hydrogens (tertiary/aromatic N) is 1. The van der Waals surface area contributed by atoms with Gasteiger partial charge in [-0.25, -0.2) is 0 Å². The first kappa shape index (κ1) is 20.8. The fraction of sp³-hybridized carbons (Fsp3) is 0.0476. The SMILES string of the molecule is CNC(=O)c1cc(Oc2ccc(NC(=O)C(=O)Nc3ccc(Cl)cc3)cc2)ccn1. The maximum Gasteiger partial charge on any atom is 0.314 e. The topological polar surface area (TPSA) is 109 Å². The Morgan fingerprint density at radius 3 is 1.97 bits per heavy atom. The van der Waals surface area contributed by atoms with Gasteiger partial charge in [0.25, 0.3) is 5.91 Å². The van der Waals surface area contributed by atoms with E-state index in [0.29, 0.717) is 27.9 Å². The van der Waals surface area contributed by atoms with Gasteiger partial charge in [-0.3, -0.25) is 19.4 Å². The molecule has 0 bridgehead atoms. The van der Waals surface area contributed by atoms with Gasteiger partial charge in [-0.15, -0.1) is 0 Å². The maximum absolute atomic E-state index is 12.1. The van der Waals surface area contributed by atoms with E-state index in [2.05, 4.69) is 20.9 Å². The average Bonchev–Trinajstić information content (AvgIpc) is 2.76. The maximum atomic E-state index is 12.1. The number of aromatic nitrogens is 1. The quantitative estimate of drug-likeness (QED) is 0.543. The number of anilines is 2. The first-order chi connectivity index (χ1) is 14.4. The summed E-state index contributed by atoms with van der Waals surface area (Å²) in [7, 11) is 1.51. The van der Waals surface area contributed by atoms with E-state index in [1.807, 2.05) is 0 Å². The van der Waals surface area contributed by atoms with Crippen molar-refractivity contribution in [3.8, 4) is 11.5 Å². The van der Waals surface area contributed by atoms with Crippen molar-refractivity contribution in [3.05, 3.63) is 77.6 Å². The molecule has 30 heavy (non-hydrogen) atoms. The lowest BCUT2D eigenvalue weighted by Crippen LogP contribution is -2.29. The van der Waals surface area contributed by atoms with Crippen LogP contribution in [0.4, 0.5) is 11.4 Å². The van der Waals surface area contributed by atoms with Crippen molar-refractivity contribution in [2.24, 2.45) is 0 Å². The molecule has 3 N–H and O–H groups in total. The van der Waals surface area contributed by atoms with E-state index >= 15 is 0 Å². The van der Waals surface area contributed by atoms with Gasteiger partial charge in [-0.2, -0.15) is 0 Å². The van der Waals surface area contributed by atoms with E-state index in [9.17, 15) is 14.4 Å². The molecule has 1 aromatic heterocycles. The van der Waals surface area contributed by atoms with Gasteiger partial charge in [0.15, 0.2) is 0 Å². The monoisotopic (exact) mass is 424 g/mol. The molecule has 0 saturated heterocycles. The first-order valence-electron chi connectivity index (χ1n) is 8.78.